The highest BCUT2D eigenvalue weighted by molar-refractivity contribution is 6.33. The molecule has 0 aliphatic rings. The summed E-state index contributed by atoms with van der Waals surface area (Å²) in [6.45, 7) is 3.89. The Balaban J connectivity index is 2.40. The second-order valence-corrected chi connectivity index (χ2v) is 4.99. The Hall–Kier alpha value is -1.38. The molecule has 0 fully saturated rings. The monoisotopic (exact) mass is 281 g/mol. The van der Waals surface area contributed by atoms with Crippen LogP contribution >= 0.6 is 23.2 Å². The van der Waals surface area contributed by atoms with Gasteiger partial charge in [-0.1, -0.05) is 29.3 Å². The topological polar surface area (TPSA) is 35.2 Å². The first kappa shape index (κ1) is 13.1. The second kappa shape index (κ2) is 5.09. The molecule has 0 saturated carbocycles. The summed E-state index contributed by atoms with van der Waals surface area (Å²) in [4.78, 5) is 0. The molecule has 0 aliphatic heterocycles. The van der Waals surface area contributed by atoms with E-state index in [1.807, 2.05) is 26.0 Å². The van der Waals surface area contributed by atoms with Crippen molar-refractivity contribution in [2.24, 2.45) is 0 Å². The fourth-order valence-electron chi connectivity index (χ4n) is 1.60. The summed E-state index contributed by atoms with van der Waals surface area (Å²) in [5.41, 5.74) is 8.25. The van der Waals surface area contributed by atoms with Gasteiger partial charge in [0.1, 0.15) is 11.5 Å². The standard InChI is InChI=1S/C14H13Cl2NO/c1-8-3-4-10(15)14(5-8)18-13-7-11(16)12(17)6-9(13)2/h3-7H,17H2,1-2H3. The molecule has 0 spiro atoms. The summed E-state index contributed by atoms with van der Waals surface area (Å²) in [6.07, 6.45) is 0. The predicted octanol–water partition coefficient (Wildman–Crippen LogP) is 4.98. The molecule has 0 aliphatic carbocycles. The van der Waals surface area contributed by atoms with Crippen LogP contribution in [0.2, 0.25) is 10.0 Å². The van der Waals surface area contributed by atoms with Crippen molar-refractivity contribution in [3.8, 4) is 11.5 Å². The van der Waals surface area contributed by atoms with Crippen molar-refractivity contribution < 1.29 is 4.74 Å². The molecule has 0 bridgehead atoms. The van der Waals surface area contributed by atoms with Crippen molar-refractivity contribution >= 4 is 28.9 Å². The first-order valence-electron chi connectivity index (χ1n) is 5.47. The number of nitrogens with two attached hydrogens (primary N) is 1. The average Bonchev–Trinajstić information content (AvgIpc) is 2.30. The molecule has 94 valence electrons. The normalized spacial score (nSPS) is 10.4. The third-order valence-corrected chi connectivity index (χ3v) is 3.24. The number of anilines is 1. The number of hydrogen-bond donors (Lipinski definition) is 1. The highest BCUT2D eigenvalue weighted by Crippen LogP contribution is 2.35. The van der Waals surface area contributed by atoms with Gasteiger partial charge in [-0.2, -0.15) is 0 Å². The summed E-state index contributed by atoms with van der Waals surface area (Å²) in [5.74, 6) is 1.27. The van der Waals surface area contributed by atoms with E-state index in [0.29, 0.717) is 27.2 Å². The van der Waals surface area contributed by atoms with Crippen LogP contribution < -0.4 is 10.5 Å². The Kier molecular flexibility index (Phi) is 3.69. The van der Waals surface area contributed by atoms with Gasteiger partial charge in [0.05, 0.1) is 15.7 Å². The largest absolute Gasteiger partial charge is 0.455 e. The maximum Gasteiger partial charge on any atom is 0.146 e. The molecule has 0 atom stereocenters. The Morgan fingerprint density at radius 2 is 1.67 bits per heavy atom. The highest BCUT2D eigenvalue weighted by Gasteiger charge is 2.08. The third-order valence-electron chi connectivity index (χ3n) is 2.60. The van der Waals surface area contributed by atoms with Gasteiger partial charge in [-0.15, -0.1) is 0 Å². The molecule has 0 saturated heterocycles. The van der Waals surface area contributed by atoms with Gasteiger partial charge in [0.2, 0.25) is 0 Å². The first-order chi connectivity index (χ1) is 8.47. The molecule has 2 aromatic carbocycles. The second-order valence-electron chi connectivity index (χ2n) is 4.18. The van der Waals surface area contributed by atoms with Crippen LogP contribution in [0.15, 0.2) is 30.3 Å². The minimum Gasteiger partial charge on any atom is -0.455 e. The molecule has 0 amide bonds. The first-order valence-corrected chi connectivity index (χ1v) is 6.22. The fourth-order valence-corrected chi connectivity index (χ4v) is 1.91. The van der Waals surface area contributed by atoms with Crippen molar-refractivity contribution in [3.05, 3.63) is 51.5 Å². The maximum absolute atomic E-state index is 6.09. The van der Waals surface area contributed by atoms with Crippen LogP contribution in [0.25, 0.3) is 0 Å². The summed E-state index contributed by atoms with van der Waals surface area (Å²) in [7, 11) is 0. The van der Waals surface area contributed by atoms with Crippen LogP contribution in [-0.2, 0) is 0 Å². The van der Waals surface area contributed by atoms with Crippen molar-refractivity contribution in [1.29, 1.82) is 0 Å². The number of nitrogen functional groups attached to an aromatic ring is 1. The molecule has 0 unspecified atom stereocenters. The molecular weight excluding hydrogens is 269 g/mol. The predicted molar refractivity (Wildman–Crippen MR) is 76.9 cm³/mol. The summed E-state index contributed by atoms with van der Waals surface area (Å²) in [6, 6.07) is 9.09. The highest BCUT2D eigenvalue weighted by atomic mass is 35.5. The number of aryl methyl sites for hydroxylation is 2. The molecule has 4 heteroatoms. The van der Waals surface area contributed by atoms with Crippen molar-refractivity contribution in [2.45, 2.75) is 13.8 Å². The van der Waals surface area contributed by atoms with E-state index in [-0.39, 0.29) is 0 Å². The fraction of sp³-hybridized carbons (Fsp3) is 0.143. The molecule has 2 nitrogen and oxygen atoms in total. The van der Waals surface area contributed by atoms with E-state index >= 15 is 0 Å². The zero-order valence-corrected chi connectivity index (χ0v) is 11.6. The van der Waals surface area contributed by atoms with Crippen molar-refractivity contribution in [3.63, 3.8) is 0 Å². The minimum absolute atomic E-state index is 0.472. The lowest BCUT2D eigenvalue weighted by Crippen LogP contribution is -1.93. The van der Waals surface area contributed by atoms with E-state index in [9.17, 15) is 0 Å². The zero-order valence-electron chi connectivity index (χ0n) is 10.1. The van der Waals surface area contributed by atoms with Crippen molar-refractivity contribution in [1.82, 2.24) is 0 Å². The lowest BCUT2D eigenvalue weighted by Gasteiger charge is -2.12. The molecule has 0 radical (unpaired) electrons. The maximum atomic E-state index is 6.09. The van der Waals surface area contributed by atoms with E-state index in [0.717, 1.165) is 11.1 Å². The van der Waals surface area contributed by atoms with Gasteiger partial charge in [0.15, 0.2) is 0 Å². The Labute approximate surface area is 116 Å². The minimum atomic E-state index is 0.472. The smallest absolute Gasteiger partial charge is 0.146 e. The third kappa shape index (κ3) is 2.71. The Morgan fingerprint density at radius 1 is 0.944 bits per heavy atom. The van der Waals surface area contributed by atoms with E-state index in [1.165, 1.54) is 0 Å². The SMILES string of the molecule is Cc1ccc(Cl)c(Oc2cc(Cl)c(N)cc2C)c1. The van der Waals surface area contributed by atoms with Crippen LogP contribution in [0.5, 0.6) is 11.5 Å². The van der Waals surface area contributed by atoms with Crippen molar-refractivity contribution in [2.75, 3.05) is 5.73 Å². The quantitative estimate of drug-likeness (QED) is 0.788. The molecule has 0 heterocycles. The van der Waals surface area contributed by atoms with E-state index in [2.05, 4.69) is 0 Å². The van der Waals surface area contributed by atoms with Gasteiger partial charge in [0.25, 0.3) is 0 Å². The van der Waals surface area contributed by atoms with E-state index in [4.69, 9.17) is 33.7 Å². The molecule has 2 rings (SSSR count). The number of hydrogen-bond acceptors (Lipinski definition) is 2. The molecule has 0 aromatic heterocycles. The van der Waals surface area contributed by atoms with Gasteiger partial charge in [-0.05, 0) is 43.2 Å². The van der Waals surface area contributed by atoms with Crippen LogP contribution in [0, 0.1) is 13.8 Å². The zero-order chi connectivity index (χ0) is 13.3. The Morgan fingerprint density at radius 3 is 2.39 bits per heavy atom. The van der Waals surface area contributed by atoms with Crippen LogP contribution in [0.1, 0.15) is 11.1 Å². The van der Waals surface area contributed by atoms with Crippen LogP contribution in [0.3, 0.4) is 0 Å². The summed E-state index contributed by atoms with van der Waals surface area (Å²) >= 11 is 12.1. The summed E-state index contributed by atoms with van der Waals surface area (Å²) < 4.78 is 5.78. The van der Waals surface area contributed by atoms with Crippen LogP contribution in [-0.4, -0.2) is 0 Å². The van der Waals surface area contributed by atoms with E-state index in [1.54, 1.807) is 18.2 Å². The number of halogens is 2. The Bertz CT molecular complexity index is 597. The van der Waals surface area contributed by atoms with Gasteiger partial charge in [-0.3, -0.25) is 0 Å². The molecule has 2 aromatic rings. The average molecular weight is 282 g/mol. The van der Waals surface area contributed by atoms with E-state index < -0.39 is 0 Å². The van der Waals surface area contributed by atoms with Crippen LogP contribution in [0.4, 0.5) is 5.69 Å². The number of benzene rings is 2. The lowest BCUT2D eigenvalue weighted by molar-refractivity contribution is 0.479. The molecular formula is C14H13Cl2NO. The van der Waals surface area contributed by atoms with Gasteiger partial charge in [-0.25, -0.2) is 0 Å². The number of rotatable bonds is 2. The molecule has 18 heavy (non-hydrogen) atoms. The lowest BCUT2D eigenvalue weighted by atomic mass is 10.2. The number of ether oxygens (including phenoxy) is 1. The molecule has 2 N–H and O–H groups in total. The van der Waals surface area contributed by atoms with Gasteiger partial charge >= 0.3 is 0 Å². The van der Waals surface area contributed by atoms with Gasteiger partial charge in [0, 0.05) is 6.07 Å². The summed E-state index contributed by atoms with van der Waals surface area (Å²) in [5, 5.41) is 1.03. The van der Waals surface area contributed by atoms with Gasteiger partial charge < -0.3 is 10.5 Å².